The molecule has 3 N–H and O–H groups in total. The summed E-state index contributed by atoms with van der Waals surface area (Å²) >= 11 is 0. The molecule has 7 heteroatoms. The smallest absolute Gasteiger partial charge is 0.244 e. The predicted molar refractivity (Wildman–Crippen MR) is 76.2 cm³/mol. The second-order valence-corrected chi connectivity index (χ2v) is 6.47. The van der Waals surface area contributed by atoms with Crippen LogP contribution in [0.4, 0.5) is 5.69 Å². The van der Waals surface area contributed by atoms with E-state index in [0.717, 1.165) is 19.4 Å². The zero-order chi connectivity index (χ0) is 14.6. The Morgan fingerprint density at radius 2 is 2.30 bits per heavy atom. The van der Waals surface area contributed by atoms with Crippen LogP contribution < -0.4 is 15.2 Å². The number of anilines is 1. The Bertz CT molecular complexity index is 553. The van der Waals surface area contributed by atoms with E-state index in [9.17, 15) is 8.42 Å². The SMILES string of the molecule is COc1ccc(N)cc1S(=O)(=O)NCCC1CCCO1. The van der Waals surface area contributed by atoms with Gasteiger partial charge in [0.05, 0.1) is 13.2 Å². The molecule has 6 nitrogen and oxygen atoms in total. The van der Waals surface area contributed by atoms with E-state index in [4.69, 9.17) is 15.2 Å². The zero-order valence-corrected chi connectivity index (χ0v) is 12.3. The summed E-state index contributed by atoms with van der Waals surface area (Å²) in [4.78, 5) is 0.0624. The monoisotopic (exact) mass is 300 g/mol. The van der Waals surface area contributed by atoms with Gasteiger partial charge in [0.2, 0.25) is 10.0 Å². The molecule has 1 saturated heterocycles. The Morgan fingerprint density at radius 3 is 2.95 bits per heavy atom. The third kappa shape index (κ3) is 3.62. The lowest BCUT2D eigenvalue weighted by molar-refractivity contribution is 0.105. The summed E-state index contributed by atoms with van der Waals surface area (Å²) < 4.78 is 37.6. The average Bonchev–Trinajstić information content (AvgIpc) is 2.91. The van der Waals surface area contributed by atoms with Crippen LogP contribution in [0.1, 0.15) is 19.3 Å². The van der Waals surface area contributed by atoms with Crippen LogP contribution in [-0.2, 0) is 14.8 Å². The minimum atomic E-state index is -3.63. The highest BCUT2D eigenvalue weighted by Gasteiger charge is 2.21. The number of nitrogens with two attached hydrogens (primary N) is 1. The summed E-state index contributed by atoms with van der Waals surface area (Å²) in [5.74, 6) is 0.281. The molecule has 1 aromatic carbocycles. The van der Waals surface area contributed by atoms with E-state index < -0.39 is 10.0 Å². The number of methoxy groups -OCH3 is 1. The van der Waals surface area contributed by atoms with Crippen LogP contribution in [0.25, 0.3) is 0 Å². The number of rotatable bonds is 6. The number of nitrogens with one attached hydrogen (secondary N) is 1. The van der Waals surface area contributed by atoms with Crippen molar-refractivity contribution in [3.63, 3.8) is 0 Å². The summed E-state index contributed by atoms with van der Waals surface area (Å²) in [5, 5.41) is 0. The van der Waals surface area contributed by atoms with Gasteiger partial charge in [0.1, 0.15) is 10.6 Å². The van der Waals surface area contributed by atoms with E-state index >= 15 is 0 Å². The van der Waals surface area contributed by atoms with Crippen molar-refractivity contribution in [1.29, 1.82) is 0 Å². The van der Waals surface area contributed by atoms with Gasteiger partial charge in [0, 0.05) is 18.8 Å². The first-order valence-electron chi connectivity index (χ1n) is 6.58. The van der Waals surface area contributed by atoms with Gasteiger partial charge in [-0.1, -0.05) is 0 Å². The highest BCUT2D eigenvalue weighted by molar-refractivity contribution is 7.89. The number of sulfonamides is 1. The fourth-order valence-electron chi connectivity index (χ4n) is 2.21. The van der Waals surface area contributed by atoms with Gasteiger partial charge in [-0.25, -0.2) is 13.1 Å². The maximum atomic E-state index is 12.3. The minimum absolute atomic E-state index is 0.0624. The van der Waals surface area contributed by atoms with Gasteiger partial charge in [0.25, 0.3) is 0 Å². The molecule has 0 bridgehead atoms. The molecule has 112 valence electrons. The topological polar surface area (TPSA) is 90.7 Å². The zero-order valence-electron chi connectivity index (χ0n) is 11.5. The van der Waals surface area contributed by atoms with Gasteiger partial charge in [0.15, 0.2) is 0 Å². The average molecular weight is 300 g/mol. The lowest BCUT2D eigenvalue weighted by atomic mass is 10.2. The lowest BCUT2D eigenvalue weighted by Gasteiger charge is -2.13. The standard InChI is InChI=1S/C13H20N2O4S/c1-18-12-5-4-10(14)9-13(12)20(16,17)15-7-6-11-3-2-8-19-11/h4-5,9,11,15H,2-3,6-8,14H2,1H3. The highest BCUT2D eigenvalue weighted by Crippen LogP contribution is 2.25. The fraction of sp³-hybridized carbons (Fsp3) is 0.538. The molecule has 1 aliphatic heterocycles. The summed E-state index contributed by atoms with van der Waals surface area (Å²) in [5.41, 5.74) is 6.02. The van der Waals surface area contributed by atoms with E-state index in [0.29, 0.717) is 18.7 Å². The maximum absolute atomic E-state index is 12.3. The molecule has 1 heterocycles. The van der Waals surface area contributed by atoms with Crippen molar-refractivity contribution in [3.8, 4) is 5.75 Å². The van der Waals surface area contributed by atoms with Crippen molar-refractivity contribution < 1.29 is 17.9 Å². The van der Waals surface area contributed by atoms with Crippen LogP contribution in [-0.4, -0.2) is 34.8 Å². The first-order chi connectivity index (χ1) is 9.53. The molecule has 1 atom stereocenters. The molecule has 0 spiro atoms. The molecule has 0 amide bonds. The van der Waals surface area contributed by atoms with Gasteiger partial charge in [-0.05, 0) is 37.5 Å². The fourth-order valence-corrected chi connectivity index (χ4v) is 3.46. The molecule has 1 unspecified atom stereocenters. The normalized spacial score (nSPS) is 19.1. The van der Waals surface area contributed by atoms with E-state index in [1.807, 2.05) is 0 Å². The molecule has 1 aliphatic rings. The van der Waals surface area contributed by atoms with Crippen molar-refractivity contribution in [2.45, 2.75) is 30.3 Å². The molecular weight excluding hydrogens is 280 g/mol. The number of benzene rings is 1. The molecule has 20 heavy (non-hydrogen) atoms. The van der Waals surface area contributed by atoms with E-state index in [1.165, 1.54) is 13.2 Å². The van der Waals surface area contributed by atoms with Crippen LogP contribution in [0.15, 0.2) is 23.1 Å². The summed E-state index contributed by atoms with van der Waals surface area (Å²) in [6.45, 7) is 1.10. The van der Waals surface area contributed by atoms with Crippen molar-refractivity contribution in [2.75, 3.05) is 26.0 Å². The Kier molecular flexibility index (Phi) is 4.85. The largest absolute Gasteiger partial charge is 0.495 e. The lowest BCUT2D eigenvalue weighted by Crippen LogP contribution is -2.27. The minimum Gasteiger partial charge on any atom is -0.495 e. The first kappa shape index (κ1) is 15.1. The molecule has 0 aromatic heterocycles. The Labute approximate surface area is 119 Å². The van der Waals surface area contributed by atoms with Gasteiger partial charge in [-0.15, -0.1) is 0 Å². The molecule has 1 aromatic rings. The Morgan fingerprint density at radius 1 is 1.50 bits per heavy atom. The van der Waals surface area contributed by atoms with Crippen molar-refractivity contribution >= 4 is 15.7 Å². The molecule has 0 saturated carbocycles. The van der Waals surface area contributed by atoms with Gasteiger partial charge < -0.3 is 15.2 Å². The Balaban J connectivity index is 2.03. The van der Waals surface area contributed by atoms with E-state index in [-0.39, 0.29) is 16.7 Å². The summed E-state index contributed by atoms with van der Waals surface area (Å²) in [7, 11) is -2.20. The second-order valence-electron chi connectivity index (χ2n) is 4.73. The molecular formula is C13H20N2O4S. The second kappa shape index (κ2) is 6.43. The quantitative estimate of drug-likeness (QED) is 0.768. The van der Waals surface area contributed by atoms with Gasteiger partial charge in [-0.2, -0.15) is 0 Å². The third-order valence-corrected chi connectivity index (χ3v) is 4.74. The molecule has 0 aliphatic carbocycles. The Hall–Kier alpha value is -1.31. The highest BCUT2D eigenvalue weighted by atomic mass is 32.2. The van der Waals surface area contributed by atoms with E-state index in [1.54, 1.807) is 12.1 Å². The molecule has 1 fully saturated rings. The van der Waals surface area contributed by atoms with E-state index in [2.05, 4.69) is 4.72 Å². The predicted octanol–water partition coefficient (Wildman–Crippen LogP) is 1.12. The van der Waals surface area contributed by atoms with Crippen LogP contribution in [0.5, 0.6) is 5.75 Å². The number of nitrogen functional groups attached to an aromatic ring is 1. The van der Waals surface area contributed by atoms with Gasteiger partial charge in [-0.3, -0.25) is 0 Å². The van der Waals surface area contributed by atoms with Crippen LogP contribution in [0.3, 0.4) is 0 Å². The molecule has 2 rings (SSSR count). The molecule has 0 radical (unpaired) electrons. The van der Waals surface area contributed by atoms with Crippen molar-refractivity contribution in [2.24, 2.45) is 0 Å². The first-order valence-corrected chi connectivity index (χ1v) is 8.06. The number of ether oxygens (including phenoxy) is 2. The van der Waals surface area contributed by atoms with Crippen molar-refractivity contribution in [3.05, 3.63) is 18.2 Å². The van der Waals surface area contributed by atoms with Crippen LogP contribution >= 0.6 is 0 Å². The number of hydrogen-bond donors (Lipinski definition) is 2. The van der Waals surface area contributed by atoms with Crippen LogP contribution in [0, 0.1) is 0 Å². The number of hydrogen-bond acceptors (Lipinski definition) is 5. The van der Waals surface area contributed by atoms with Gasteiger partial charge >= 0.3 is 0 Å². The van der Waals surface area contributed by atoms with Crippen LogP contribution in [0.2, 0.25) is 0 Å². The maximum Gasteiger partial charge on any atom is 0.244 e. The summed E-state index contributed by atoms with van der Waals surface area (Å²) in [6.07, 6.45) is 2.86. The van der Waals surface area contributed by atoms with Crippen molar-refractivity contribution in [1.82, 2.24) is 4.72 Å². The summed E-state index contributed by atoms with van der Waals surface area (Å²) in [6, 6.07) is 4.54. The third-order valence-electron chi connectivity index (χ3n) is 3.26.